The van der Waals surface area contributed by atoms with Gasteiger partial charge < -0.3 is 15.7 Å². The molecule has 3 N–H and O–H groups in total. The average Bonchev–Trinajstić information content (AvgIpc) is 2.86. The van der Waals surface area contributed by atoms with Crippen molar-refractivity contribution in [2.24, 2.45) is 5.73 Å². The van der Waals surface area contributed by atoms with Crippen molar-refractivity contribution in [1.82, 2.24) is 4.90 Å². The lowest BCUT2D eigenvalue weighted by molar-refractivity contribution is -0.131. The number of nitrogens with two attached hydrogens (primary N) is 1. The number of likely N-dealkylation sites (N-methyl/N-ethyl adjacent to an activating group) is 1. The first-order chi connectivity index (χ1) is 9.97. The topological polar surface area (TPSA) is 66.6 Å². The molecule has 1 aromatic carbocycles. The third-order valence-electron chi connectivity index (χ3n) is 3.43. The number of rotatable bonds is 5. The summed E-state index contributed by atoms with van der Waals surface area (Å²) in [5, 5.41) is 11.3. The fraction of sp³-hybridized carbons (Fsp3) is 0.312. The van der Waals surface area contributed by atoms with E-state index >= 15 is 0 Å². The summed E-state index contributed by atoms with van der Waals surface area (Å²) in [4.78, 5) is 15.2. The number of nitrogens with zero attached hydrogens (tertiary/aromatic N) is 1. The molecule has 112 valence electrons. The molecule has 1 amide bonds. The molecule has 0 aliphatic carbocycles. The van der Waals surface area contributed by atoms with Gasteiger partial charge >= 0.3 is 0 Å². The van der Waals surface area contributed by atoms with Crippen molar-refractivity contribution in [3.05, 3.63) is 51.7 Å². The van der Waals surface area contributed by atoms with E-state index in [-0.39, 0.29) is 11.7 Å². The Balaban J connectivity index is 1.95. The standard InChI is InChI=1S/C16H20N2O2S/c1-11-7-8-21-15(11)10-18(2)16(20)14(17)9-12-3-5-13(19)6-4-12/h3-8,14,19H,9-10,17H2,1-2H3. The zero-order valence-electron chi connectivity index (χ0n) is 12.2. The zero-order valence-corrected chi connectivity index (χ0v) is 13.1. The summed E-state index contributed by atoms with van der Waals surface area (Å²) in [5.74, 6) is 0.139. The van der Waals surface area contributed by atoms with Gasteiger partial charge in [0.05, 0.1) is 12.6 Å². The van der Waals surface area contributed by atoms with Crippen LogP contribution in [0.25, 0.3) is 0 Å². The highest BCUT2D eigenvalue weighted by atomic mass is 32.1. The molecule has 1 heterocycles. The van der Waals surface area contributed by atoms with Gasteiger partial charge in [-0.05, 0) is 48.1 Å². The van der Waals surface area contributed by atoms with Crippen molar-refractivity contribution in [3.8, 4) is 5.75 Å². The summed E-state index contributed by atoms with van der Waals surface area (Å²) >= 11 is 1.65. The SMILES string of the molecule is Cc1ccsc1CN(C)C(=O)C(N)Cc1ccc(O)cc1. The minimum absolute atomic E-state index is 0.0733. The zero-order chi connectivity index (χ0) is 15.4. The Morgan fingerprint density at radius 3 is 2.57 bits per heavy atom. The Morgan fingerprint density at radius 1 is 1.33 bits per heavy atom. The molecular formula is C16H20N2O2S. The molecule has 0 fully saturated rings. The Hall–Kier alpha value is -1.85. The van der Waals surface area contributed by atoms with Crippen LogP contribution in [0.4, 0.5) is 0 Å². The van der Waals surface area contributed by atoms with Crippen LogP contribution in [0.5, 0.6) is 5.75 Å². The number of carbonyl (C=O) groups excluding carboxylic acids is 1. The second-order valence-electron chi connectivity index (χ2n) is 5.20. The molecule has 0 saturated carbocycles. The second kappa shape index (κ2) is 6.74. The third kappa shape index (κ3) is 4.06. The summed E-state index contributed by atoms with van der Waals surface area (Å²) < 4.78 is 0. The fourth-order valence-corrected chi connectivity index (χ4v) is 3.07. The van der Waals surface area contributed by atoms with Gasteiger partial charge in [0.15, 0.2) is 0 Å². The highest BCUT2D eigenvalue weighted by Crippen LogP contribution is 2.18. The van der Waals surface area contributed by atoms with E-state index in [1.807, 2.05) is 12.3 Å². The molecule has 2 aromatic rings. The van der Waals surface area contributed by atoms with Gasteiger partial charge in [-0.2, -0.15) is 0 Å². The number of hydrogen-bond acceptors (Lipinski definition) is 4. The Labute approximate surface area is 128 Å². The normalized spacial score (nSPS) is 12.1. The maximum Gasteiger partial charge on any atom is 0.239 e. The Morgan fingerprint density at radius 2 is 2.00 bits per heavy atom. The van der Waals surface area contributed by atoms with Crippen molar-refractivity contribution >= 4 is 17.2 Å². The summed E-state index contributed by atoms with van der Waals surface area (Å²) in [6.07, 6.45) is 0.465. The molecule has 0 aliphatic rings. The number of carbonyl (C=O) groups is 1. The number of phenolic OH excluding ortho intramolecular Hbond substituents is 1. The number of amides is 1. The lowest BCUT2D eigenvalue weighted by Crippen LogP contribution is -2.42. The smallest absolute Gasteiger partial charge is 0.239 e. The summed E-state index contributed by atoms with van der Waals surface area (Å²) in [6, 6.07) is 8.25. The number of aromatic hydroxyl groups is 1. The van der Waals surface area contributed by atoms with Crippen LogP contribution in [-0.2, 0) is 17.8 Å². The maximum atomic E-state index is 12.3. The molecule has 5 heteroatoms. The van der Waals surface area contributed by atoms with Crippen molar-refractivity contribution in [2.45, 2.75) is 25.9 Å². The van der Waals surface area contributed by atoms with E-state index in [0.29, 0.717) is 13.0 Å². The van der Waals surface area contributed by atoms with Gasteiger partial charge in [-0.3, -0.25) is 4.79 Å². The van der Waals surface area contributed by atoms with Crippen molar-refractivity contribution in [3.63, 3.8) is 0 Å². The summed E-state index contributed by atoms with van der Waals surface area (Å²) in [6.45, 7) is 2.63. The van der Waals surface area contributed by atoms with Gasteiger partial charge in [0.1, 0.15) is 5.75 Å². The van der Waals surface area contributed by atoms with E-state index in [9.17, 15) is 9.90 Å². The number of phenols is 1. The van der Waals surface area contributed by atoms with E-state index in [4.69, 9.17) is 5.73 Å². The van der Waals surface area contributed by atoms with Crippen molar-refractivity contribution in [2.75, 3.05) is 7.05 Å². The predicted molar refractivity (Wildman–Crippen MR) is 85.3 cm³/mol. The minimum Gasteiger partial charge on any atom is -0.508 e. The highest BCUT2D eigenvalue weighted by Gasteiger charge is 2.19. The molecule has 0 aliphatic heterocycles. The molecule has 4 nitrogen and oxygen atoms in total. The lowest BCUT2D eigenvalue weighted by atomic mass is 10.1. The summed E-state index contributed by atoms with van der Waals surface area (Å²) in [5.41, 5.74) is 8.14. The van der Waals surface area contributed by atoms with E-state index in [1.54, 1.807) is 47.5 Å². The number of benzene rings is 1. The van der Waals surface area contributed by atoms with Crippen LogP contribution in [0.2, 0.25) is 0 Å². The second-order valence-corrected chi connectivity index (χ2v) is 6.20. The predicted octanol–water partition coefficient (Wildman–Crippen LogP) is 2.29. The monoisotopic (exact) mass is 304 g/mol. The number of aryl methyl sites for hydroxylation is 1. The van der Waals surface area contributed by atoms with Crippen molar-refractivity contribution < 1.29 is 9.90 Å². The first kappa shape index (κ1) is 15.5. The quantitative estimate of drug-likeness (QED) is 0.890. The molecule has 0 bridgehead atoms. The minimum atomic E-state index is -0.570. The van der Waals surface area contributed by atoms with E-state index < -0.39 is 6.04 Å². The molecule has 0 spiro atoms. The molecule has 1 atom stereocenters. The molecule has 2 rings (SSSR count). The summed E-state index contributed by atoms with van der Waals surface area (Å²) in [7, 11) is 1.78. The highest BCUT2D eigenvalue weighted by molar-refractivity contribution is 7.10. The van der Waals surface area contributed by atoms with Crippen LogP contribution >= 0.6 is 11.3 Å². The van der Waals surface area contributed by atoms with Gasteiger partial charge in [0.2, 0.25) is 5.91 Å². The van der Waals surface area contributed by atoms with Gasteiger partial charge in [0, 0.05) is 11.9 Å². The van der Waals surface area contributed by atoms with Gasteiger partial charge in [-0.1, -0.05) is 12.1 Å². The van der Waals surface area contributed by atoms with E-state index in [1.165, 1.54) is 10.4 Å². The third-order valence-corrected chi connectivity index (χ3v) is 4.44. The van der Waals surface area contributed by atoms with Gasteiger partial charge in [0.25, 0.3) is 0 Å². The van der Waals surface area contributed by atoms with Crippen LogP contribution in [0, 0.1) is 6.92 Å². The number of thiophene rings is 1. The largest absolute Gasteiger partial charge is 0.508 e. The maximum absolute atomic E-state index is 12.3. The van der Waals surface area contributed by atoms with Gasteiger partial charge in [-0.25, -0.2) is 0 Å². The number of hydrogen-bond donors (Lipinski definition) is 2. The molecule has 0 saturated heterocycles. The van der Waals surface area contributed by atoms with Crippen LogP contribution in [0.3, 0.4) is 0 Å². The van der Waals surface area contributed by atoms with Gasteiger partial charge in [-0.15, -0.1) is 11.3 Å². The first-order valence-corrected chi connectivity index (χ1v) is 7.66. The van der Waals surface area contributed by atoms with Crippen LogP contribution in [0.1, 0.15) is 16.0 Å². The van der Waals surface area contributed by atoms with E-state index in [0.717, 1.165) is 5.56 Å². The molecule has 1 aromatic heterocycles. The average molecular weight is 304 g/mol. The Bertz CT molecular complexity index is 607. The lowest BCUT2D eigenvalue weighted by Gasteiger charge is -2.21. The molecular weight excluding hydrogens is 284 g/mol. The first-order valence-electron chi connectivity index (χ1n) is 6.79. The molecule has 21 heavy (non-hydrogen) atoms. The van der Waals surface area contributed by atoms with Crippen LogP contribution in [-0.4, -0.2) is 29.0 Å². The van der Waals surface area contributed by atoms with Crippen LogP contribution in [0.15, 0.2) is 35.7 Å². The van der Waals surface area contributed by atoms with Crippen LogP contribution < -0.4 is 5.73 Å². The molecule has 1 unspecified atom stereocenters. The Kier molecular flexibility index (Phi) is 4.98. The fourth-order valence-electron chi connectivity index (χ4n) is 2.12. The molecule has 0 radical (unpaired) electrons. The van der Waals surface area contributed by atoms with Crippen molar-refractivity contribution in [1.29, 1.82) is 0 Å². The van der Waals surface area contributed by atoms with E-state index in [2.05, 4.69) is 6.07 Å².